The molecule has 0 spiro atoms. The first-order valence-corrected chi connectivity index (χ1v) is 11.2. The predicted octanol–water partition coefficient (Wildman–Crippen LogP) is 4.41. The summed E-state index contributed by atoms with van der Waals surface area (Å²) < 4.78 is 0. The van der Waals surface area contributed by atoms with Gasteiger partial charge in [-0.1, -0.05) is 0 Å². The van der Waals surface area contributed by atoms with Gasteiger partial charge in [-0.2, -0.15) is 0 Å². The zero-order valence-corrected chi connectivity index (χ0v) is 21.0. The van der Waals surface area contributed by atoms with Crippen molar-refractivity contribution in [3.8, 4) is 0 Å². The summed E-state index contributed by atoms with van der Waals surface area (Å²) in [6, 6.07) is 1.05. The lowest BCUT2D eigenvalue weighted by molar-refractivity contribution is -0.0241. The van der Waals surface area contributed by atoms with Crippen LogP contribution in [0, 0.1) is 6.54 Å². The van der Waals surface area contributed by atoms with Gasteiger partial charge in [0.05, 0.1) is 0 Å². The number of hydrogen-bond acceptors (Lipinski definition) is 4. The van der Waals surface area contributed by atoms with E-state index in [1.165, 1.54) is 25.7 Å². The van der Waals surface area contributed by atoms with Crippen molar-refractivity contribution < 1.29 is 0 Å². The molecule has 0 unspecified atom stereocenters. The Labute approximate surface area is 176 Å². The highest BCUT2D eigenvalue weighted by Crippen LogP contribution is 2.38. The number of hydrogen-bond donors (Lipinski definition) is 2. The molecule has 165 valence electrons. The zero-order chi connectivity index (χ0) is 21.8. The summed E-state index contributed by atoms with van der Waals surface area (Å²) in [5, 5.41) is 7.77. The fourth-order valence-corrected chi connectivity index (χ4v) is 5.86. The fourth-order valence-electron chi connectivity index (χ4n) is 5.86. The van der Waals surface area contributed by atoms with E-state index in [1.54, 1.807) is 0 Å². The molecule has 0 aromatic heterocycles. The first-order chi connectivity index (χ1) is 12.4. The van der Waals surface area contributed by atoms with Gasteiger partial charge < -0.3 is 10.6 Å². The van der Waals surface area contributed by atoms with Crippen molar-refractivity contribution in [2.45, 2.75) is 135 Å². The molecule has 4 nitrogen and oxygen atoms in total. The molecule has 2 heterocycles. The van der Waals surface area contributed by atoms with Gasteiger partial charge in [-0.25, -0.2) is 0 Å². The van der Waals surface area contributed by atoms with Crippen LogP contribution in [0.25, 0.3) is 0 Å². The van der Waals surface area contributed by atoms with Gasteiger partial charge in [0, 0.05) is 46.3 Å². The highest BCUT2D eigenvalue weighted by atomic mass is 15.3. The molecule has 2 aliphatic rings. The van der Waals surface area contributed by atoms with Crippen molar-refractivity contribution in [1.29, 1.82) is 0 Å². The van der Waals surface area contributed by atoms with Gasteiger partial charge in [-0.3, -0.25) is 9.80 Å². The first kappa shape index (κ1) is 24.1. The maximum atomic E-state index is 3.96. The van der Waals surface area contributed by atoms with Crippen molar-refractivity contribution in [2.24, 2.45) is 0 Å². The van der Waals surface area contributed by atoms with Crippen molar-refractivity contribution >= 4 is 0 Å². The molecule has 0 aromatic carbocycles. The molecule has 0 aromatic rings. The van der Waals surface area contributed by atoms with Crippen LogP contribution >= 0.6 is 0 Å². The minimum atomic E-state index is -0.0373. The van der Waals surface area contributed by atoms with Crippen molar-refractivity contribution in [2.75, 3.05) is 14.1 Å². The molecule has 1 radical (unpaired) electrons. The Morgan fingerprint density at radius 2 is 1.00 bits per heavy atom. The third kappa shape index (κ3) is 5.30. The SMILES string of the molecule is CN1C(C)(C)CC(N[CH]C(C)(C)NC2CC(C)(C)N(C)C(C)(C)C2)CC1(C)C. The van der Waals surface area contributed by atoms with E-state index in [9.17, 15) is 0 Å². The van der Waals surface area contributed by atoms with E-state index in [4.69, 9.17) is 0 Å². The highest BCUT2D eigenvalue weighted by Gasteiger charge is 2.45. The van der Waals surface area contributed by atoms with Crippen LogP contribution in [0.3, 0.4) is 0 Å². The predicted molar refractivity (Wildman–Crippen MR) is 123 cm³/mol. The molecule has 2 aliphatic heterocycles. The van der Waals surface area contributed by atoms with E-state index in [0.29, 0.717) is 12.1 Å². The molecule has 4 heteroatoms. The monoisotopic (exact) mass is 393 g/mol. The third-order valence-corrected chi connectivity index (χ3v) is 7.87. The standard InChI is InChI=1S/C24H49N4/c1-20(2,26-19-15-23(7,8)28(12)24(9,10)16-19)17-25-18-13-21(3,4)27(11)22(5,6)14-18/h17-19,25-26H,13-16H2,1-12H3. The van der Waals surface area contributed by atoms with Crippen LogP contribution in [0.5, 0.6) is 0 Å². The van der Waals surface area contributed by atoms with Gasteiger partial charge in [0.1, 0.15) is 0 Å². The van der Waals surface area contributed by atoms with Crippen LogP contribution in [-0.2, 0) is 0 Å². The van der Waals surface area contributed by atoms with Crippen molar-refractivity contribution in [3.05, 3.63) is 6.54 Å². The largest absolute Gasteiger partial charge is 0.308 e. The second-order valence-corrected chi connectivity index (χ2v) is 12.8. The van der Waals surface area contributed by atoms with Gasteiger partial charge in [0.2, 0.25) is 0 Å². The van der Waals surface area contributed by atoms with Gasteiger partial charge in [-0.05, 0) is 109 Å². The van der Waals surface area contributed by atoms with Crippen LogP contribution in [-0.4, -0.2) is 63.7 Å². The van der Waals surface area contributed by atoms with Crippen LogP contribution in [0.2, 0.25) is 0 Å². The van der Waals surface area contributed by atoms with Crippen LogP contribution in [0.4, 0.5) is 0 Å². The van der Waals surface area contributed by atoms with E-state index < -0.39 is 0 Å². The number of rotatable bonds is 5. The average molecular weight is 394 g/mol. The first-order valence-electron chi connectivity index (χ1n) is 11.2. The summed E-state index contributed by atoms with van der Waals surface area (Å²) in [4.78, 5) is 5.10. The Balaban J connectivity index is 1.97. The average Bonchev–Trinajstić information content (AvgIpc) is 2.47. The minimum Gasteiger partial charge on any atom is -0.308 e. The van der Waals surface area contributed by atoms with E-state index in [1.807, 2.05) is 0 Å². The van der Waals surface area contributed by atoms with Gasteiger partial charge in [0.15, 0.2) is 0 Å². The molecular formula is C24H49N4. The third-order valence-electron chi connectivity index (χ3n) is 7.87. The molecule has 2 fully saturated rings. The molecule has 0 amide bonds. The lowest BCUT2D eigenvalue weighted by Gasteiger charge is -2.55. The van der Waals surface area contributed by atoms with Crippen LogP contribution in [0.15, 0.2) is 0 Å². The minimum absolute atomic E-state index is 0.0373. The van der Waals surface area contributed by atoms with Crippen molar-refractivity contribution in [1.82, 2.24) is 20.4 Å². The van der Waals surface area contributed by atoms with E-state index >= 15 is 0 Å². The highest BCUT2D eigenvalue weighted by molar-refractivity contribution is 5.06. The second-order valence-electron chi connectivity index (χ2n) is 12.8. The van der Waals surface area contributed by atoms with Crippen LogP contribution < -0.4 is 10.6 Å². The number of piperidine rings is 2. The Bertz CT molecular complexity index is 511. The molecule has 2 N–H and O–H groups in total. The summed E-state index contributed by atoms with van der Waals surface area (Å²) >= 11 is 0. The summed E-state index contributed by atoms with van der Waals surface area (Å²) in [5.41, 5.74) is 0.819. The van der Waals surface area contributed by atoms with Crippen LogP contribution in [0.1, 0.15) is 94.9 Å². The molecule has 0 atom stereocenters. The molecule has 2 rings (SSSR count). The molecule has 2 saturated heterocycles. The topological polar surface area (TPSA) is 30.5 Å². The Morgan fingerprint density at radius 3 is 1.36 bits per heavy atom. The molecule has 0 aliphatic carbocycles. The smallest absolute Gasteiger partial charge is 0.0419 e. The normalized spacial score (nSPS) is 29.1. The molecule has 28 heavy (non-hydrogen) atoms. The van der Waals surface area contributed by atoms with Crippen molar-refractivity contribution in [3.63, 3.8) is 0 Å². The number of nitrogens with one attached hydrogen (secondary N) is 2. The molecule has 0 bridgehead atoms. The van der Waals surface area contributed by atoms with Gasteiger partial charge >= 0.3 is 0 Å². The maximum Gasteiger partial charge on any atom is 0.0419 e. The Kier molecular flexibility index (Phi) is 6.47. The summed E-state index contributed by atoms with van der Waals surface area (Å²) in [5.74, 6) is 0. The molecular weight excluding hydrogens is 344 g/mol. The lowest BCUT2D eigenvalue weighted by atomic mass is 9.76. The van der Waals surface area contributed by atoms with Gasteiger partial charge in [-0.15, -0.1) is 0 Å². The quantitative estimate of drug-likeness (QED) is 0.724. The van der Waals surface area contributed by atoms with E-state index in [-0.39, 0.29) is 27.7 Å². The number of likely N-dealkylation sites (tertiary alicyclic amines) is 2. The van der Waals surface area contributed by atoms with Gasteiger partial charge in [0.25, 0.3) is 0 Å². The Hall–Kier alpha value is -0.160. The van der Waals surface area contributed by atoms with E-state index in [0.717, 1.165) is 0 Å². The van der Waals surface area contributed by atoms with E-state index in [2.05, 4.69) is 110 Å². The summed E-state index contributed by atoms with van der Waals surface area (Å²) in [6.45, 7) is 25.9. The summed E-state index contributed by atoms with van der Waals surface area (Å²) in [6.07, 6.45) is 4.71. The lowest BCUT2D eigenvalue weighted by Crippen LogP contribution is -2.65. The second kappa shape index (κ2) is 7.51. The Morgan fingerprint density at radius 1 is 0.679 bits per heavy atom. The fraction of sp³-hybridized carbons (Fsp3) is 0.958. The number of nitrogens with zero attached hydrogens (tertiary/aromatic N) is 2. The molecule has 0 saturated carbocycles. The maximum absolute atomic E-state index is 3.96. The zero-order valence-electron chi connectivity index (χ0n) is 21.0. The summed E-state index contributed by atoms with van der Waals surface area (Å²) in [7, 11) is 4.55.